The Morgan fingerprint density at radius 3 is 2.06 bits per heavy atom. The average molecular weight is 423 g/mol. The molecule has 0 spiro atoms. The lowest BCUT2D eigenvalue weighted by Crippen LogP contribution is -2.32. The maximum atomic E-state index is 13.5. The molecular weight excluding hydrogens is 402 g/mol. The van der Waals surface area contributed by atoms with Gasteiger partial charge in [0.25, 0.3) is 11.8 Å². The van der Waals surface area contributed by atoms with E-state index in [-0.39, 0.29) is 11.3 Å². The summed E-state index contributed by atoms with van der Waals surface area (Å²) in [5.74, 6) is -0.236. The average Bonchev–Trinajstić information content (AvgIpc) is 3.02. The van der Waals surface area contributed by atoms with Crippen molar-refractivity contribution < 1.29 is 14.3 Å². The molecule has 3 aromatic rings. The molecule has 1 heterocycles. The molecule has 0 saturated heterocycles. The number of nitrogens with zero attached hydrogens (tertiary/aromatic N) is 2. The van der Waals surface area contributed by atoms with Crippen LogP contribution in [0.1, 0.15) is 22.3 Å². The van der Waals surface area contributed by atoms with Gasteiger partial charge in [0.15, 0.2) is 0 Å². The molecule has 3 aromatic carbocycles. The highest BCUT2D eigenvalue weighted by Crippen LogP contribution is 2.34. The summed E-state index contributed by atoms with van der Waals surface area (Å²) in [5.41, 5.74) is 4.75. The second kappa shape index (κ2) is 8.40. The molecule has 6 nitrogen and oxygen atoms in total. The van der Waals surface area contributed by atoms with Crippen LogP contribution >= 0.6 is 0 Å². The SMILES string of the molecule is COc1ccc(C2=C(Nc3cc(C)cc(C)c3)C(=O)N(c3ccc(C#N)cc3)C2=O)cc1. The van der Waals surface area contributed by atoms with Crippen molar-refractivity contribution in [1.29, 1.82) is 5.26 Å². The minimum absolute atomic E-state index is 0.203. The van der Waals surface area contributed by atoms with Crippen LogP contribution in [-0.4, -0.2) is 18.9 Å². The number of carbonyl (C=O) groups excluding carboxylic acids is 2. The number of nitriles is 1. The lowest BCUT2D eigenvalue weighted by molar-refractivity contribution is -0.120. The molecule has 0 unspecified atom stereocenters. The second-order valence-electron chi connectivity index (χ2n) is 7.58. The van der Waals surface area contributed by atoms with Crippen LogP contribution in [0.15, 0.2) is 72.4 Å². The van der Waals surface area contributed by atoms with Crippen LogP contribution in [0, 0.1) is 25.2 Å². The van der Waals surface area contributed by atoms with E-state index in [1.54, 1.807) is 55.6 Å². The van der Waals surface area contributed by atoms with Gasteiger partial charge in [-0.25, -0.2) is 4.90 Å². The Morgan fingerprint density at radius 1 is 0.875 bits per heavy atom. The zero-order chi connectivity index (χ0) is 22.8. The molecule has 0 radical (unpaired) electrons. The third-order valence-corrected chi connectivity index (χ3v) is 5.21. The fourth-order valence-corrected chi connectivity index (χ4v) is 3.78. The fraction of sp³-hybridized carbons (Fsp3) is 0.115. The quantitative estimate of drug-likeness (QED) is 0.608. The molecule has 2 amide bonds. The second-order valence-corrected chi connectivity index (χ2v) is 7.58. The molecule has 0 fully saturated rings. The first kappa shape index (κ1) is 20.9. The Labute approximate surface area is 186 Å². The Bertz CT molecular complexity index is 1260. The minimum atomic E-state index is -0.454. The molecule has 0 bridgehead atoms. The van der Waals surface area contributed by atoms with Gasteiger partial charge in [0.1, 0.15) is 11.4 Å². The number of ether oxygens (including phenoxy) is 1. The molecule has 0 aliphatic carbocycles. The number of imide groups is 1. The number of anilines is 2. The van der Waals surface area contributed by atoms with Crippen LogP contribution in [0.4, 0.5) is 11.4 Å². The molecule has 0 atom stereocenters. The zero-order valence-electron chi connectivity index (χ0n) is 18.0. The highest BCUT2D eigenvalue weighted by molar-refractivity contribution is 6.46. The van der Waals surface area contributed by atoms with Crippen molar-refractivity contribution >= 4 is 28.8 Å². The summed E-state index contributed by atoms with van der Waals surface area (Å²) in [6.07, 6.45) is 0. The summed E-state index contributed by atoms with van der Waals surface area (Å²) in [6.45, 7) is 3.95. The molecular formula is C26H21N3O3. The monoisotopic (exact) mass is 423 g/mol. The number of aryl methyl sites for hydroxylation is 2. The van der Waals surface area contributed by atoms with E-state index in [0.29, 0.717) is 22.6 Å². The van der Waals surface area contributed by atoms with Crippen molar-refractivity contribution in [2.24, 2.45) is 0 Å². The van der Waals surface area contributed by atoms with Crippen molar-refractivity contribution in [2.45, 2.75) is 13.8 Å². The van der Waals surface area contributed by atoms with E-state index in [1.165, 1.54) is 0 Å². The van der Waals surface area contributed by atoms with E-state index in [4.69, 9.17) is 10.00 Å². The number of benzene rings is 3. The summed E-state index contributed by atoms with van der Waals surface area (Å²) < 4.78 is 5.22. The topological polar surface area (TPSA) is 82.4 Å². The zero-order valence-corrected chi connectivity index (χ0v) is 18.0. The van der Waals surface area contributed by atoms with Crippen LogP contribution in [0.5, 0.6) is 5.75 Å². The highest BCUT2D eigenvalue weighted by atomic mass is 16.5. The largest absolute Gasteiger partial charge is 0.497 e. The van der Waals surface area contributed by atoms with Gasteiger partial charge in [-0.1, -0.05) is 18.2 Å². The van der Waals surface area contributed by atoms with Crippen LogP contribution < -0.4 is 15.0 Å². The van der Waals surface area contributed by atoms with Gasteiger partial charge < -0.3 is 10.1 Å². The molecule has 0 aromatic heterocycles. The van der Waals surface area contributed by atoms with Crippen LogP contribution in [0.25, 0.3) is 5.57 Å². The Balaban J connectivity index is 1.81. The van der Waals surface area contributed by atoms with Crippen molar-refractivity contribution in [3.8, 4) is 11.8 Å². The van der Waals surface area contributed by atoms with Crippen LogP contribution in [0.3, 0.4) is 0 Å². The summed E-state index contributed by atoms with van der Waals surface area (Å²) in [7, 11) is 1.57. The van der Waals surface area contributed by atoms with Crippen molar-refractivity contribution in [3.63, 3.8) is 0 Å². The van der Waals surface area contributed by atoms with Gasteiger partial charge in [-0.05, 0) is 79.1 Å². The van der Waals surface area contributed by atoms with E-state index < -0.39 is 11.8 Å². The Morgan fingerprint density at radius 2 is 1.50 bits per heavy atom. The third-order valence-electron chi connectivity index (χ3n) is 5.21. The number of hydrogen-bond acceptors (Lipinski definition) is 5. The van der Waals surface area contributed by atoms with Gasteiger partial charge in [0, 0.05) is 5.69 Å². The molecule has 32 heavy (non-hydrogen) atoms. The summed E-state index contributed by atoms with van der Waals surface area (Å²) in [5, 5.41) is 12.2. The van der Waals surface area contributed by atoms with E-state index in [2.05, 4.69) is 5.32 Å². The summed E-state index contributed by atoms with van der Waals surface area (Å²) in [6, 6.07) is 21.3. The maximum Gasteiger partial charge on any atom is 0.282 e. The number of nitrogens with one attached hydrogen (secondary N) is 1. The first-order chi connectivity index (χ1) is 15.4. The number of methoxy groups -OCH3 is 1. The number of hydrogen-bond donors (Lipinski definition) is 1. The Kier molecular flexibility index (Phi) is 5.48. The predicted octanol–water partition coefficient (Wildman–Crippen LogP) is 4.58. The molecule has 1 N–H and O–H groups in total. The summed E-state index contributed by atoms with van der Waals surface area (Å²) >= 11 is 0. The van der Waals surface area contributed by atoms with Crippen molar-refractivity contribution in [1.82, 2.24) is 0 Å². The van der Waals surface area contributed by atoms with E-state index in [0.717, 1.165) is 21.7 Å². The van der Waals surface area contributed by atoms with Crippen molar-refractivity contribution in [3.05, 3.63) is 94.7 Å². The smallest absolute Gasteiger partial charge is 0.282 e. The number of carbonyl (C=O) groups is 2. The normalized spacial score (nSPS) is 13.4. The van der Waals surface area contributed by atoms with Crippen molar-refractivity contribution in [2.75, 3.05) is 17.3 Å². The van der Waals surface area contributed by atoms with Gasteiger partial charge in [-0.15, -0.1) is 0 Å². The fourth-order valence-electron chi connectivity index (χ4n) is 3.78. The van der Waals surface area contributed by atoms with E-state index in [1.807, 2.05) is 38.1 Å². The molecule has 158 valence electrons. The molecule has 4 rings (SSSR count). The van der Waals surface area contributed by atoms with Crippen LogP contribution in [-0.2, 0) is 9.59 Å². The van der Waals surface area contributed by atoms with Gasteiger partial charge in [0.2, 0.25) is 0 Å². The van der Waals surface area contributed by atoms with Crippen LogP contribution in [0.2, 0.25) is 0 Å². The van der Waals surface area contributed by atoms with Gasteiger partial charge in [-0.2, -0.15) is 5.26 Å². The summed E-state index contributed by atoms with van der Waals surface area (Å²) in [4.78, 5) is 28.0. The Hall–Kier alpha value is -4.37. The predicted molar refractivity (Wildman–Crippen MR) is 123 cm³/mol. The first-order valence-electron chi connectivity index (χ1n) is 10.0. The molecule has 1 aliphatic rings. The maximum absolute atomic E-state index is 13.5. The number of amides is 2. The van der Waals surface area contributed by atoms with Gasteiger partial charge >= 0.3 is 0 Å². The third kappa shape index (κ3) is 3.84. The van der Waals surface area contributed by atoms with E-state index in [9.17, 15) is 9.59 Å². The van der Waals surface area contributed by atoms with Gasteiger partial charge in [-0.3, -0.25) is 9.59 Å². The number of rotatable bonds is 5. The molecule has 0 saturated carbocycles. The standard InChI is InChI=1S/C26H21N3O3/c1-16-12-17(2)14-20(13-16)28-24-23(19-6-10-22(32-3)11-7-19)25(30)29(26(24)31)21-8-4-18(15-27)5-9-21/h4-14,28H,1-3H3. The minimum Gasteiger partial charge on any atom is -0.497 e. The first-order valence-corrected chi connectivity index (χ1v) is 10.0. The lowest BCUT2D eigenvalue weighted by Gasteiger charge is -2.15. The molecule has 6 heteroatoms. The van der Waals surface area contributed by atoms with Gasteiger partial charge in [0.05, 0.1) is 30.0 Å². The highest BCUT2D eigenvalue weighted by Gasteiger charge is 2.40. The molecule has 1 aliphatic heterocycles. The van der Waals surface area contributed by atoms with E-state index >= 15 is 0 Å². The lowest BCUT2D eigenvalue weighted by atomic mass is 10.0.